The van der Waals surface area contributed by atoms with Crippen molar-refractivity contribution in [2.75, 3.05) is 12.3 Å². The molecule has 2 rings (SSSR count). The molecule has 0 aliphatic carbocycles. The summed E-state index contributed by atoms with van der Waals surface area (Å²) >= 11 is 0. The van der Waals surface area contributed by atoms with E-state index in [1.165, 1.54) is 0 Å². The average Bonchev–Trinajstić information content (AvgIpc) is 2.59. The predicted octanol–water partition coefficient (Wildman–Crippen LogP) is 2.16. The van der Waals surface area contributed by atoms with Gasteiger partial charge in [0.15, 0.2) is 0 Å². The molecule has 0 aliphatic rings. The summed E-state index contributed by atoms with van der Waals surface area (Å²) in [7, 11) is -3.45. The van der Waals surface area contributed by atoms with Crippen molar-refractivity contribution in [2.45, 2.75) is 26.3 Å². The largest absolute Gasteiger partial charge is 0.351 e. The van der Waals surface area contributed by atoms with Crippen LogP contribution in [0.1, 0.15) is 23.1 Å². The first-order valence-electron chi connectivity index (χ1n) is 8.28. The highest BCUT2D eigenvalue weighted by atomic mass is 32.2. The van der Waals surface area contributed by atoms with Crippen LogP contribution in [0, 0.1) is 6.92 Å². The Hall–Kier alpha value is -2.18. The minimum atomic E-state index is -3.45. The molecule has 0 saturated heterocycles. The maximum atomic E-state index is 12.0. The second kappa shape index (κ2) is 9.34. The summed E-state index contributed by atoms with van der Waals surface area (Å²) in [6.45, 7) is 2.13. The summed E-state index contributed by atoms with van der Waals surface area (Å²) in [5.41, 5.74) is 3.21. The molecular formula is C19H24N2O3S. The van der Waals surface area contributed by atoms with E-state index < -0.39 is 10.0 Å². The van der Waals surface area contributed by atoms with E-state index in [0.717, 1.165) is 16.7 Å². The molecule has 0 atom stereocenters. The number of sulfonamides is 1. The normalized spacial score (nSPS) is 11.2. The summed E-state index contributed by atoms with van der Waals surface area (Å²) in [6.07, 6.45) is 1.21. The van der Waals surface area contributed by atoms with Crippen LogP contribution < -0.4 is 10.0 Å². The first-order valence-corrected chi connectivity index (χ1v) is 9.93. The van der Waals surface area contributed by atoms with E-state index in [1.807, 2.05) is 61.5 Å². The van der Waals surface area contributed by atoms with Gasteiger partial charge >= 0.3 is 0 Å². The standard InChI is InChI=1S/C19H24N2O3S/c1-16-7-5-10-18(13-16)14-20-19(22)15-21-25(23,24)12-6-11-17-8-3-2-4-9-17/h2-5,7-10,13,21H,6,11-12,14-15H2,1H3,(H,20,22). The van der Waals surface area contributed by atoms with E-state index in [1.54, 1.807) is 0 Å². The van der Waals surface area contributed by atoms with Crippen LogP contribution >= 0.6 is 0 Å². The molecule has 6 heteroatoms. The number of carbonyl (C=O) groups is 1. The molecule has 2 aromatic carbocycles. The molecule has 0 heterocycles. The summed E-state index contributed by atoms with van der Waals surface area (Å²) in [4.78, 5) is 11.8. The molecule has 0 bridgehead atoms. The fourth-order valence-corrected chi connectivity index (χ4v) is 3.46. The van der Waals surface area contributed by atoms with Crippen LogP contribution in [0.3, 0.4) is 0 Å². The van der Waals surface area contributed by atoms with E-state index in [0.29, 0.717) is 19.4 Å². The fraction of sp³-hybridized carbons (Fsp3) is 0.316. The lowest BCUT2D eigenvalue weighted by Crippen LogP contribution is -2.37. The smallest absolute Gasteiger partial charge is 0.235 e. The second-order valence-electron chi connectivity index (χ2n) is 5.99. The zero-order valence-corrected chi connectivity index (χ0v) is 15.2. The van der Waals surface area contributed by atoms with Crippen molar-refractivity contribution in [2.24, 2.45) is 0 Å². The lowest BCUT2D eigenvalue weighted by atomic mass is 10.1. The number of aryl methyl sites for hydroxylation is 2. The highest BCUT2D eigenvalue weighted by Gasteiger charge is 2.12. The molecule has 0 spiro atoms. The van der Waals surface area contributed by atoms with Crippen molar-refractivity contribution in [3.63, 3.8) is 0 Å². The number of amides is 1. The number of carbonyl (C=O) groups excluding carboxylic acids is 1. The van der Waals surface area contributed by atoms with Crippen molar-refractivity contribution in [3.8, 4) is 0 Å². The van der Waals surface area contributed by atoms with Gasteiger partial charge in [0.25, 0.3) is 0 Å². The van der Waals surface area contributed by atoms with Crippen LogP contribution in [0.15, 0.2) is 54.6 Å². The molecule has 0 radical (unpaired) electrons. The van der Waals surface area contributed by atoms with E-state index in [4.69, 9.17) is 0 Å². The lowest BCUT2D eigenvalue weighted by molar-refractivity contribution is -0.120. The molecule has 25 heavy (non-hydrogen) atoms. The molecule has 0 unspecified atom stereocenters. The van der Waals surface area contributed by atoms with E-state index in [9.17, 15) is 13.2 Å². The number of hydrogen-bond acceptors (Lipinski definition) is 3. The van der Waals surface area contributed by atoms with Gasteiger partial charge in [-0.05, 0) is 30.9 Å². The minimum absolute atomic E-state index is 0.00700. The summed E-state index contributed by atoms with van der Waals surface area (Å²) in [5.74, 6) is -0.333. The Morgan fingerprint density at radius 1 is 1.00 bits per heavy atom. The summed E-state index contributed by atoms with van der Waals surface area (Å²) in [5, 5.41) is 2.71. The SMILES string of the molecule is Cc1cccc(CNC(=O)CNS(=O)(=O)CCCc2ccccc2)c1. The van der Waals surface area contributed by atoms with Gasteiger partial charge in [0.2, 0.25) is 15.9 Å². The molecule has 0 saturated carbocycles. The topological polar surface area (TPSA) is 75.3 Å². The van der Waals surface area contributed by atoms with E-state index in [-0.39, 0.29) is 18.2 Å². The Bertz CT molecular complexity index is 789. The van der Waals surface area contributed by atoms with Crippen molar-refractivity contribution in [1.29, 1.82) is 0 Å². The zero-order valence-electron chi connectivity index (χ0n) is 14.4. The highest BCUT2D eigenvalue weighted by Crippen LogP contribution is 2.04. The molecule has 0 aromatic heterocycles. The monoisotopic (exact) mass is 360 g/mol. The van der Waals surface area contributed by atoms with Crippen molar-refractivity contribution >= 4 is 15.9 Å². The molecule has 0 aliphatic heterocycles. The maximum Gasteiger partial charge on any atom is 0.235 e. The van der Waals surface area contributed by atoms with Gasteiger partial charge in [-0.1, -0.05) is 60.2 Å². The Kier molecular flexibility index (Phi) is 7.16. The quantitative estimate of drug-likeness (QED) is 0.720. The molecule has 1 amide bonds. The minimum Gasteiger partial charge on any atom is -0.351 e. The van der Waals surface area contributed by atoms with E-state index >= 15 is 0 Å². The van der Waals surface area contributed by atoms with Gasteiger partial charge in [0, 0.05) is 6.54 Å². The van der Waals surface area contributed by atoms with Crippen LogP contribution in [0.5, 0.6) is 0 Å². The highest BCUT2D eigenvalue weighted by molar-refractivity contribution is 7.89. The predicted molar refractivity (Wildman–Crippen MR) is 99.6 cm³/mol. The third-order valence-corrected chi connectivity index (χ3v) is 5.16. The van der Waals surface area contributed by atoms with Crippen LogP contribution in [-0.2, 0) is 27.8 Å². The lowest BCUT2D eigenvalue weighted by Gasteiger charge is -2.08. The van der Waals surface area contributed by atoms with Crippen LogP contribution in [0.4, 0.5) is 0 Å². The van der Waals surface area contributed by atoms with Crippen LogP contribution in [-0.4, -0.2) is 26.6 Å². The Labute approximate surface area is 149 Å². The first kappa shape index (κ1) is 19.1. The van der Waals surface area contributed by atoms with Gasteiger partial charge in [0.1, 0.15) is 0 Å². The second-order valence-corrected chi connectivity index (χ2v) is 7.92. The third kappa shape index (κ3) is 7.49. The van der Waals surface area contributed by atoms with Gasteiger partial charge in [0.05, 0.1) is 12.3 Å². The third-order valence-electron chi connectivity index (χ3n) is 3.75. The number of nitrogens with one attached hydrogen (secondary N) is 2. The number of benzene rings is 2. The molecular weight excluding hydrogens is 336 g/mol. The fourth-order valence-electron chi connectivity index (χ4n) is 2.44. The Morgan fingerprint density at radius 2 is 1.72 bits per heavy atom. The summed E-state index contributed by atoms with van der Waals surface area (Å²) in [6, 6.07) is 17.5. The van der Waals surface area contributed by atoms with Crippen molar-refractivity contribution < 1.29 is 13.2 Å². The van der Waals surface area contributed by atoms with Gasteiger partial charge in [-0.25, -0.2) is 13.1 Å². The zero-order chi connectivity index (χ0) is 18.1. The maximum absolute atomic E-state index is 12.0. The van der Waals surface area contributed by atoms with Gasteiger partial charge in [-0.15, -0.1) is 0 Å². The molecule has 2 aromatic rings. The van der Waals surface area contributed by atoms with Crippen molar-refractivity contribution in [1.82, 2.24) is 10.0 Å². The number of rotatable bonds is 9. The number of hydrogen-bond donors (Lipinski definition) is 2. The van der Waals surface area contributed by atoms with Gasteiger partial charge in [-0.2, -0.15) is 0 Å². The molecule has 2 N–H and O–H groups in total. The van der Waals surface area contributed by atoms with Crippen LogP contribution in [0.2, 0.25) is 0 Å². The Morgan fingerprint density at radius 3 is 2.44 bits per heavy atom. The first-order chi connectivity index (χ1) is 11.9. The van der Waals surface area contributed by atoms with Gasteiger partial charge in [-0.3, -0.25) is 4.79 Å². The average molecular weight is 360 g/mol. The summed E-state index contributed by atoms with van der Waals surface area (Å²) < 4.78 is 26.3. The molecule has 0 fully saturated rings. The Balaban J connectivity index is 1.68. The molecule has 134 valence electrons. The van der Waals surface area contributed by atoms with Gasteiger partial charge < -0.3 is 5.32 Å². The molecule has 5 nitrogen and oxygen atoms in total. The van der Waals surface area contributed by atoms with Crippen LogP contribution in [0.25, 0.3) is 0 Å². The van der Waals surface area contributed by atoms with E-state index in [2.05, 4.69) is 10.0 Å². The van der Waals surface area contributed by atoms with Crippen molar-refractivity contribution in [3.05, 3.63) is 71.3 Å².